The minimum Gasteiger partial charge on any atom is -0.458 e. The molecule has 9 nitrogen and oxygen atoms in total. The Morgan fingerprint density at radius 2 is 1.39 bits per heavy atom. The van der Waals surface area contributed by atoms with Crippen LogP contribution in [-0.2, 0) is 36.9 Å². The third kappa shape index (κ3) is 13.3. The Kier molecular flexibility index (Phi) is 14.1. The van der Waals surface area contributed by atoms with Crippen LogP contribution in [0.3, 0.4) is 0 Å². The number of carbonyl (C=O) groups excluding carboxylic acids is 4. The molecule has 0 bridgehead atoms. The van der Waals surface area contributed by atoms with Gasteiger partial charge < -0.3 is 25.5 Å². The number of ketones is 1. The molecule has 0 spiro atoms. The van der Waals surface area contributed by atoms with Crippen molar-refractivity contribution >= 4 is 30.0 Å². The van der Waals surface area contributed by atoms with E-state index >= 15 is 0 Å². The highest BCUT2D eigenvalue weighted by atomic mass is 16.6. The van der Waals surface area contributed by atoms with Crippen LogP contribution >= 0.6 is 0 Å². The van der Waals surface area contributed by atoms with Crippen LogP contribution in [0.15, 0.2) is 60.7 Å². The van der Waals surface area contributed by atoms with Crippen LogP contribution in [-0.4, -0.2) is 47.7 Å². The van der Waals surface area contributed by atoms with Gasteiger partial charge in [-0.2, -0.15) is 0 Å². The molecule has 3 N–H and O–H groups in total. The Balaban J connectivity index is 0.00000229. The molecule has 0 aliphatic heterocycles. The number of hydrogen-bond donors (Lipinski definition) is 3. The van der Waals surface area contributed by atoms with Crippen molar-refractivity contribution in [2.24, 2.45) is 0 Å². The summed E-state index contributed by atoms with van der Waals surface area (Å²) in [6.07, 6.45) is 0.687. The molecule has 2 amide bonds. The first-order valence-electron chi connectivity index (χ1n) is 12.6. The normalized spacial score (nSPS) is 12.0. The predicted octanol–water partition coefficient (Wildman–Crippen LogP) is 4.38. The lowest BCUT2D eigenvalue weighted by Crippen LogP contribution is -2.54. The lowest BCUT2D eigenvalue weighted by atomic mass is 10.0. The molecule has 38 heavy (non-hydrogen) atoms. The van der Waals surface area contributed by atoms with Crippen LogP contribution in [0, 0.1) is 5.41 Å². The van der Waals surface area contributed by atoms with E-state index in [0.29, 0.717) is 6.21 Å². The maximum Gasteiger partial charge on any atom is 0.408 e. The zero-order chi connectivity index (χ0) is 28.6. The summed E-state index contributed by atoms with van der Waals surface area (Å²) in [4.78, 5) is 50.1. The first-order valence-corrected chi connectivity index (χ1v) is 12.6. The highest BCUT2D eigenvalue weighted by Crippen LogP contribution is 2.11. The van der Waals surface area contributed by atoms with Crippen molar-refractivity contribution in [3.8, 4) is 0 Å². The fourth-order valence-corrected chi connectivity index (χ4v) is 3.06. The maximum absolute atomic E-state index is 13.2. The Labute approximate surface area is 224 Å². The van der Waals surface area contributed by atoms with E-state index in [2.05, 4.69) is 24.5 Å². The van der Waals surface area contributed by atoms with Gasteiger partial charge in [-0.15, -0.1) is 0 Å². The summed E-state index contributed by atoms with van der Waals surface area (Å²) in [6, 6.07) is 15.6. The topological polar surface area (TPSA) is 135 Å². The van der Waals surface area contributed by atoms with Gasteiger partial charge in [0, 0.05) is 12.8 Å². The zero-order valence-corrected chi connectivity index (χ0v) is 22.8. The average molecular weight is 526 g/mol. The van der Waals surface area contributed by atoms with E-state index in [9.17, 15) is 19.2 Å². The van der Waals surface area contributed by atoms with Crippen LogP contribution in [0.1, 0.15) is 58.6 Å². The van der Waals surface area contributed by atoms with Crippen molar-refractivity contribution in [1.29, 1.82) is 5.41 Å². The Bertz CT molecular complexity index is 1040. The smallest absolute Gasteiger partial charge is 0.408 e. The molecule has 0 aliphatic rings. The maximum atomic E-state index is 13.2. The summed E-state index contributed by atoms with van der Waals surface area (Å²) in [5.41, 5.74) is 0.693. The van der Waals surface area contributed by atoms with E-state index < -0.39 is 47.9 Å². The number of esters is 1. The summed E-state index contributed by atoms with van der Waals surface area (Å²) in [5, 5.41) is 12.2. The van der Waals surface area contributed by atoms with Crippen molar-refractivity contribution in [2.45, 2.75) is 78.2 Å². The highest BCUT2D eigenvalue weighted by Gasteiger charge is 2.31. The van der Waals surface area contributed by atoms with Gasteiger partial charge in [-0.3, -0.25) is 9.59 Å². The number of Topliss-reactive ketones (excluding diaryl/α,β-unsaturated/α-hetero) is 1. The van der Waals surface area contributed by atoms with E-state index in [1.165, 1.54) is 6.42 Å². The molecule has 206 valence electrons. The van der Waals surface area contributed by atoms with Crippen molar-refractivity contribution in [3.63, 3.8) is 0 Å². The van der Waals surface area contributed by atoms with Gasteiger partial charge in [0.15, 0.2) is 5.78 Å². The van der Waals surface area contributed by atoms with Gasteiger partial charge in [-0.25, -0.2) is 9.59 Å². The molecular weight excluding hydrogens is 486 g/mol. The lowest BCUT2D eigenvalue weighted by molar-refractivity contribution is -0.159. The van der Waals surface area contributed by atoms with Crippen molar-refractivity contribution < 1.29 is 28.7 Å². The van der Waals surface area contributed by atoms with Gasteiger partial charge in [0.25, 0.3) is 0 Å². The number of nitrogens with one attached hydrogen (secondary N) is 3. The Morgan fingerprint density at radius 1 is 0.868 bits per heavy atom. The van der Waals surface area contributed by atoms with Crippen molar-refractivity contribution in [2.75, 3.05) is 0 Å². The van der Waals surface area contributed by atoms with Crippen LogP contribution in [0.25, 0.3) is 0 Å². The monoisotopic (exact) mass is 525 g/mol. The van der Waals surface area contributed by atoms with E-state index in [0.717, 1.165) is 11.1 Å². The second-order valence-electron chi connectivity index (χ2n) is 9.56. The molecule has 2 atom stereocenters. The number of hydrogen-bond acceptors (Lipinski definition) is 7. The van der Waals surface area contributed by atoms with Crippen LogP contribution in [0.4, 0.5) is 4.79 Å². The first-order chi connectivity index (χ1) is 18.0. The van der Waals surface area contributed by atoms with Gasteiger partial charge in [-0.1, -0.05) is 80.9 Å². The fraction of sp³-hybridized carbons (Fsp3) is 0.414. The standard InChI is InChI=1S/C26H31N3O6.C3H8/c1-26(2,3)35-24(32)22(15-20(30)16-27)28-23(31)21(14-18-10-6-4-7-11-18)29-25(33)34-17-19-12-8-5-9-13-19;1-3-2/h4-13,16,21-22,27H,14-15,17H2,1-3H3,(H,28,31)(H,29,33);3H2,1-2H3. The minimum absolute atomic E-state index is 0.0146. The van der Waals surface area contributed by atoms with Crippen LogP contribution in [0.5, 0.6) is 0 Å². The first kappa shape index (κ1) is 32.0. The summed E-state index contributed by atoms with van der Waals surface area (Å²) in [5.74, 6) is -2.17. The molecular formula is C29H39N3O6. The van der Waals surface area contributed by atoms with Gasteiger partial charge in [0.1, 0.15) is 24.3 Å². The number of carbonyl (C=O) groups is 4. The Morgan fingerprint density at radius 3 is 1.89 bits per heavy atom. The van der Waals surface area contributed by atoms with E-state index in [1.807, 2.05) is 24.3 Å². The van der Waals surface area contributed by atoms with E-state index in [4.69, 9.17) is 14.9 Å². The summed E-state index contributed by atoms with van der Waals surface area (Å²) in [6.45, 7) is 9.24. The third-order valence-corrected chi connectivity index (χ3v) is 4.68. The second kappa shape index (κ2) is 16.7. The van der Waals surface area contributed by atoms with Crippen LogP contribution < -0.4 is 10.6 Å². The summed E-state index contributed by atoms with van der Waals surface area (Å²) in [7, 11) is 0. The fourth-order valence-electron chi connectivity index (χ4n) is 3.06. The van der Waals surface area contributed by atoms with Gasteiger partial charge in [0.05, 0.1) is 6.21 Å². The SMILES string of the molecule is CC(C)(C)OC(=O)C(CC(=O)C=N)NC(=O)C(Cc1ccccc1)NC(=O)OCc1ccccc1.CCC. The third-order valence-electron chi connectivity index (χ3n) is 4.68. The Hall–Kier alpha value is -4.01. The molecule has 0 aliphatic carbocycles. The molecule has 2 unspecified atom stereocenters. The summed E-state index contributed by atoms with van der Waals surface area (Å²) >= 11 is 0. The number of benzene rings is 2. The number of alkyl carbamates (subject to hydrolysis) is 1. The second-order valence-corrected chi connectivity index (χ2v) is 9.56. The predicted molar refractivity (Wildman–Crippen MR) is 146 cm³/mol. The largest absolute Gasteiger partial charge is 0.458 e. The molecule has 0 saturated carbocycles. The molecule has 0 radical (unpaired) electrons. The molecule has 2 rings (SSSR count). The molecule has 0 saturated heterocycles. The van der Waals surface area contributed by atoms with Gasteiger partial charge in [-0.05, 0) is 31.9 Å². The highest BCUT2D eigenvalue weighted by molar-refractivity contribution is 6.27. The quantitative estimate of drug-likeness (QED) is 0.294. The van der Waals surface area contributed by atoms with Gasteiger partial charge >= 0.3 is 12.1 Å². The molecule has 0 fully saturated rings. The number of amides is 2. The molecule has 9 heteroatoms. The zero-order valence-electron chi connectivity index (χ0n) is 22.8. The van der Waals surface area contributed by atoms with Crippen molar-refractivity contribution in [3.05, 3.63) is 71.8 Å². The van der Waals surface area contributed by atoms with Crippen LogP contribution in [0.2, 0.25) is 0 Å². The van der Waals surface area contributed by atoms with E-state index in [1.54, 1.807) is 57.2 Å². The summed E-state index contributed by atoms with van der Waals surface area (Å²) < 4.78 is 10.6. The van der Waals surface area contributed by atoms with Gasteiger partial charge in [0.2, 0.25) is 5.91 Å². The number of ether oxygens (including phenoxy) is 2. The average Bonchev–Trinajstić information content (AvgIpc) is 2.87. The lowest BCUT2D eigenvalue weighted by Gasteiger charge is -2.26. The number of rotatable bonds is 11. The minimum atomic E-state index is -1.32. The van der Waals surface area contributed by atoms with Crippen molar-refractivity contribution in [1.82, 2.24) is 10.6 Å². The molecule has 2 aromatic carbocycles. The van der Waals surface area contributed by atoms with E-state index in [-0.39, 0.29) is 13.0 Å². The molecule has 0 heterocycles. The molecule has 0 aromatic heterocycles. The molecule has 2 aromatic rings.